The Balaban J connectivity index is 0. The van der Waals surface area contributed by atoms with Crippen LogP contribution in [0.3, 0.4) is 0 Å². The van der Waals surface area contributed by atoms with Gasteiger partial charge in [0.1, 0.15) is 0 Å². The number of nitrogens with zero attached hydrogens (tertiary/aromatic N) is 3. The van der Waals surface area contributed by atoms with Crippen LogP contribution in [0.2, 0.25) is 0 Å². The number of likely N-dealkylation sites (tertiary alicyclic amines) is 2. The molecule has 1 unspecified atom stereocenters. The molecule has 2 saturated heterocycles. The second kappa shape index (κ2) is 13.9. The highest BCUT2D eigenvalue weighted by atomic mass is 15.3. The number of hydrogen-bond acceptors (Lipinski definition) is 4. The van der Waals surface area contributed by atoms with E-state index in [1.54, 1.807) is 0 Å². The van der Waals surface area contributed by atoms with E-state index in [0.717, 1.165) is 6.04 Å². The van der Waals surface area contributed by atoms with Gasteiger partial charge in [-0.1, -0.05) is 13.8 Å². The lowest BCUT2D eigenvalue weighted by Crippen LogP contribution is -2.46. The van der Waals surface area contributed by atoms with Crippen molar-refractivity contribution in [1.82, 2.24) is 20.0 Å². The average molecular weight is 373 g/mol. The Morgan fingerprint density at radius 1 is 0.846 bits per heavy atom. The predicted molar refractivity (Wildman–Crippen MR) is 120 cm³/mol. The van der Waals surface area contributed by atoms with E-state index in [9.17, 15) is 0 Å². The third kappa shape index (κ3) is 15.0. The molecule has 2 aliphatic rings. The summed E-state index contributed by atoms with van der Waals surface area (Å²) in [5.41, 5.74) is 0.607. The second-order valence-electron chi connectivity index (χ2n) is 9.50. The number of hydrogen-bond donors (Lipinski definition) is 1. The Hall–Kier alpha value is -0.160. The summed E-state index contributed by atoms with van der Waals surface area (Å²) in [6, 6.07) is 0.759. The maximum absolute atomic E-state index is 3.10. The Morgan fingerprint density at radius 3 is 1.46 bits per heavy atom. The van der Waals surface area contributed by atoms with Gasteiger partial charge in [-0.25, -0.2) is 0 Å². The summed E-state index contributed by atoms with van der Waals surface area (Å²) in [5.74, 6) is 0. The maximum Gasteiger partial charge on any atom is 0.0237 e. The minimum Gasteiger partial charge on any atom is -0.315 e. The number of likely N-dealkylation sites (N-methyl/N-ethyl adjacent to an activating group) is 2. The highest BCUT2D eigenvalue weighted by Gasteiger charge is 2.29. The largest absolute Gasteiger partial charge is 0.315 e. The quantitative estimate of drug-likeness (QED) is 0.746. The standard InChI is InChI=1S/C10H22N2.C5H11N.C5H13N.C2H6/c1-10(2,3)12(5)9-6-7-11(4)8-9;1-6-4-2-3-5-6;1-5(2,3)6-4;1-2/h9H,6-8H2,1-5H3;2-5H2,1H3;6H,1-4H3;1-2H3. The molecule has 0 aromatic rings. The van der Waals surface area contributed by atoms with Gasteiger partial charge in [0.05, 0.1) is 0 Å². The fraction of sp³-hybridized carbons (Fsp3) is 1.00. The molecule has 0 spiro atoms. The molecule has 2 heterocycles. The fourth-order valence-corrected chi connectivity index (χ4v) is 2.65. The maximum atomic E-state index is 3.10. The SMILES string of the molecule is CC.CN1CCC(N(C)C(C)(C)C)C1.CN1CCCC1.CNC(C)(C)C. The summed E-state index contributed by atoms with van der Waals surface area (Å²) >= 11 is 0. The highest BCUT2D eigenvalue weighted by molar-refractivity contribution is 4.86. The molecular weight excluding hydrogens is 320 g/mol. The van der Waals surface area contributed by atoms with Gasteiger partial charge >= 0.3 is 0 Å². The van der Waals surface area contributed by atoms with E-state index in [-0.39, 0.29) is 0 Å². The van der Waals surface area contributed by atoms with E-state index in [1.807, 2.05) is 20.9 Å². The molecule has 0 amide bonds. The fourth-order valence-electron chi connectivity index (χ4n) is 2.65. The topological polar surface area (TPSA) is 21.8 Å². The van der Waals surface area contributed by atoms with Crippen molar-refractivity contribution >= 4 is 0 Å². The number of rotatable bonds is 1. The summed E-state index contributed by atoms with van der Waals surface area (Å²) in [6.07, 6.45) is 4.15. The average Bonchev–Trinajstić information content (AvgIpc) is 3.19. The normalized spacial score (nSPS) is 21.3. The third-order valence-electron chi connectivity index (χ3n) is 5.05. The van der Waals surface area contributed by atoms with E-state index in [0.29, 0.717) is 11.1 Å². The molecule has 1 atom stereocenters. The van der Waals surface area contributed by atoms with E-state index in [1.165, 1.54) is 45.4 Å². The van der Waals surface area contributed by atoms with Gasteiger partial charge in [-0.2, -0.15) is 0 Å². The Kier molecular flexibility index (Phi) is 15.0. The van der Waals surface area contributed by atoms with Gasteiger partial charge in [0.25, 0.3) is 0 Å². The molecule has 26 heavy (non-hydrogen) atoms. The van der Waals surface area contributed by atoms with Crippen LogP contribution in [0.4, 0.5) is 0 Å². The van der Waals surface area contributed by atoms with Crippen molar-refractivity contribution in [3.8, 4) is 0 Å². The molecule has 160 valence electrons. The first kappa shape index (κ1) is 28.1. The lowest BCUT2D eigenvalue weighted by Gasteiger charge is -2.36. The van der Waals surface area contributed by atoms with Crippen molar-refractivity contribution < 1.29 is 0 Å². The molecule has 0 saturated carbocycles. The van der Waals surface area contributed by atoms with Crippen LogP contribution in [0.15, 0.2) is 0 Å². The first-order chi connectivity index (χ1) is 11.9. The van der Waals surface area contributed by atoms with Crippen molar-refractivity contribution in [3.05, 3.63) is 0 Å². The second-order valence-corrected chi connectivity index (χ2v) is 9.50. The van der Waals surface area contributed by atoms with Crippen LogP contribution < -0.4 is 5.32 Å². The first-order valence-electron chi connectivity index (χ1n) is 10.7. The minimum absolute atomic E-state index is 0.292. The minimum atomic E-state index is 0.292. The van der Waals surface area contributed by atoms with Gasteiger partial charge in [-0.05, 0) is 109 Å². The summed E-state index contributed by atoms with van der Waals surface area (Å²) in [4.78, 5) is 7.27. The Morgan fingerprint density at radius 2 is 1.27 bits per heavy atom. The first-order valence-corrected chi connectivity index (χ1v) is 10.7. The molecule has 4 nitrogen and oxygen atoms in total. The summed E-state index contributed by atoms with van der Waals surface area (Å²) in [5, 5.41) is 3.10. The van der Waals surface area contributed by atoms with E-state index < -0.39 is 0 Å². The third-order valence-corrected chi connectivity index (χ3v) is 5.05. The van der Waals surface area contributed by atoms with Crippen LogP contribution in [0.25, 0.3) is 0 Å². The van der Waals surface area contributed by atoms with Crippen LogP contribution in [0, 0.1) is 0 Å². The van der Waals surface area contributed by atoms with Crippen molar-refractivity contribution in [1.29, 1.82) is 0 Å². The van der Waals surface area contributed by atoms with Gasteiger partial charge in [-0.15, -0.1) is 0 Å². The van der Waals surface area contributed by atoms with E-state index >= 15 is 0 Å². The molecule has 0 radical (unpaired) electrons. The predicted octanol–water partition coefficient (Wildman–Crippen LogP) is 4.16. The van der Waals surface area contributed by atoms with Gasteiger partial charge in [0, 0.05) is 23.7 Å². The van der Waals surface area contributed by atoms with E-state index in [2.05, 4.69) is 82.7 Å². The molecule has 2 rings (SSSR count). The Bertz CT molecular complexity index is 311. The lowest BCUT2D eigenvalue weighted by atomic mass is 10.0. The zero-order valence-corrected chi connectivity index (χ0v) is 20.4. The highest BCUT2D eigenvalue weighted by Crippen LogP contribution is 2.20. The molecule has 0 bridgehead atoms. The molecule has 0 aromatic heterocycles. The van der Waals surface area contributed by atoms with Gasteiger partial charge in [0.2, 0.25) is 0 Å². The monoisotopic (exact) mass is 372 g/mol. The van der Waals surface area contributed by atoms with Crippen molar-refractivity contribution in [2.75, 3.05) is 54.4 Å². The van der Waals surface area contributed by atoms with Crippen LogP contribution >= 0.6 is 0 Å². The number of nitrogens with one attached hydrogen (secondary N) is 1. The lowest BCUT2D eigenvalue weighted by molar-refractivity contribution is 0.120. The van der Waals surface area contributed by atoms with Crippen molar-refractivity contribution in [2.45, 2.75) is 91.8 Å². The summed E-state index contributed by atoms with van der Waals surface area (Å²) in [7, 11) is 8.58. The molecular formula is C22H52N4. The molecule has 2 aliphatic heterocycles. The van der Waals surface area contributed by atoms with Gasteiger partial charge in [-0.3, -0.25) is 4.90 Å². The van der Waals surface area contributed by atoms with Crippen molar-refractivity contribution in [3.63, 3.8) is 0 Å². The zero-order valence-electron chi connectivity index (χ0n) is 20.4. The van der Waals surface area contributed by atoms with Crippen LogP contribution in [0.1, 0.15) is 74.7 Å². The summed E-state index contributed by atoms with van der Waals surface area (Å²) < 4.78 is 0. The van der Waals surface area contributed by atoms with Gasteiger partial charge in [0.15, 0.2) is 0 Å². The van der Waals surface area contributed by atoms with E-state index in [4.69, 9.17) is 0 Å². The molecule has 2 fully saturated rings. The Labute approximate surface area is 166 Å². The smallest absolute Gasteiger partial charge is 0.0237 e. The molecule has 1 N–H and O–H groups in total. The van der Waals surface area contributed by atoms with Crippen molar-refractivity contribution in [2.24, 2.45) is 0 Å². The molecule has 0 aromatic carbocycles. The van der Waals surface area contributed by atoms with Crippen LogP contribution in [0.5, 0.6) is 0 Å². The van der Waals surface area contributed by atoms with Gasteiger partial charge < -0.3 is 15.1 Å². The zero-order chi connectivity index (χ0) is 21.0. The van der Waals surface area contributed by atoms with Crippen LogP contribution in [-0.4, -0.2) is 86.2 Å². The molecule has 4 heteroatoms. The van der Waals surface area contributed by atoms with Crippen LogP contribution in [-0.2, 0) is 0 Å². The summed E-state index contributed by atoms with van der Waals surface area (Å²) in [6.45, 7) is 22.4. The molecule has 0 aliphatic carbocycles.